The van der Waals surface area contributed by atoms with Crippen molar-refractivity contribution in [1.29, 1.82) is 0 Å². The predicted molar refractivity (Wildman–Crippen MR) is 121 cm³/mol. The maximum atomic E-state index is 13.8. The number of Topliss-reactive ketones (excluding diaryl/α,β-unsaturated/α-hetero) is 1. The molecule has 0 amide bonds. The molecule has 0 heterocycles. The predicted octanol–water partition coefficient (Wildman–Crippen LogP) is 5.00. The normalized spacial score (nSPS) is 11.2. The summed E-state index contributed by atoms with van der Waals surface area (Å²) in [5.74, 6) is -0.437. The van der Waals surface area contributed by atoms with Gasteiger partial charge in [0.25, 0.3) is 0 Å². The number of carbonyl (C=O) groups excluding carboxylic acids is 1. The van der Waals surface area contributed by atoms with Gasteiger partial charge in [-0.2, -0.15) is 0 Å². The van der Waals surface area contributed by atoms with E-state index in [9.17, 15) is 9.18 Å². The van der Waals surface area contributed by atoms with E-state index in [1.165, 1.54) is 12.1 Å². The minimum Gasteiger partial charge on any atom is -0.290 e. The van der Waals surface area contributed by atoms with E-state index in [0.29, 0.717) is 11.7 Å². The molecule has 0 radical (unpaired) electrons. The van der Waals surface area contributed by atoms with Crippen LogP contribution < -0.4 is 15.9 Å². The molecule has 4 rings (SSSR count). The van der Waals surface area contributed by atoms with Crippen LogP contribution in [-0.4, -0.2) is 11.9 Å². The van der Waals surface area contributed by atoms with Gasteiger partial charge in [-0.25, -0.2) is 4.39 Å². The van der Waals surface area contributed by atoms with E-state index >= 15 is 0 Å². The molecular weight excluding hydrogens is 378 g/mol. The van der Waals surface area contributed by atoms with Gasteiger partial charge in [-0.3, -0.25) is 4.79 Å². The Morgan fingerprint density at radius 1 is 0.621 bits per heavy atom. The molecule has 0 atom stereocenters. The lowest BCUT2D eigenvalue weighted by Gasteiger charge is -2.27. The summed E-state index contributed by atoms with van der Waals surface area (Å²) in [4.78, 5) is 13.4. The SMILES string of the molecule is O=C(C[P+](c1ccccc1)(c1ccccc1)c1ccccc1)c1cccc(F)c1. The van der Waals surface area contributed by atoms with Gasteiger partial charge >= 0.3 is 0 Å². The summed E-state index contributed by atoms with van der Waals surface area (Å²) in [5, 5.41) is 3.42. The van der Waals surface area contributed by atoms with Gasteiger partial charge in [0.2, 0.25) is 5.78 Å². The van der Waals surface area contributed by atoms with Crippen LogP contribution in [-0.2, 0) is 0 Å². The Balaban J connectivity index is 1.94. The first kappa shape index (κ1) is 19.2. The van der Waals surface area contributed by atoms with E-state index in [-0.39, 0.29) is 11.6 Å². The van der Waals surface area contributed by atoms with Crippen molar-refractivity contribution < 1.29 is 9.18 Å². The Hall–Kier alpha value is -3.09. The fourth-order valence-electron chi connectivity index (χ4n) is 3.74. The first-order valence-corrected chi connectivity index (χ1v) is 11.5. The van der Waals surface area contributed by atoms with Crippen LogP contribution in [0.3, 0.4) is 0 Å². The van der Waals surface area contributed by atoms with Gasteiger partial charge in [0.15, 0.2) is 0 Å². The molecule has 0 saturated heterocycles. The Kier molecular flexibility index (Phi) is 5.64. The van der Waals surface area contributed by atoms with Gasteiger partial charge < -0.3 is 0 Å². The van der Waals surface area contributed by atoms with Gasteiger partial charge in [0, 0.05) is 5.56 Å². The summed E-state index contributed by atoms with van der Waals surface area (Å²) in [6.07, 6.45) is 0.314. The number of hydrogen-bond acceptors (Lipinski definition) is 1. The third-order valence-corrected chi connectivity index (χ3v) is 9.42. The monoisotopic (exact) mass is 399 g/mol. The Morgan fingerprint density at radius 3 is 1.48 bits per heavy atom. The number of benzene rings is 4. The van der Waals surface area contributed by atoms with Crippen LogP contribution >= 0.6 is 7.26 Å². The lowest BCUT2D eigenvalue weighted by molar-refractivity contribution is 0.102. The molecule has 3 heteroatoms. The second-order valence-corrected chi connectivity index (χ2v) is 10.4. The summed E-state index contributed by atoms with van der Waals surface area (Å²) in [6.45, 7) is 0. The van der Waals surface area contributed by atoms with Crippen molar-refractivity contribution in [3.8, 4) is 0 Å². The number of ketones is 1. The van der Waals surface area contributed by atoms with E-state index in [1.807, 2.05) is 54.6 Å². The van der Waals surface area contributed by atoms with Crippen molar-refractivity contribution in [2.24, 2.45) is 0 Å². The van der Waals surface area contributed by atoms with Crippen molar-refractivity contribution in [2.75, 3.05) is 6.16 Å². The van der Waals surface area contributed by atoms with E-state index in [4.69, 9.17) is 0 Å². The second-order valence-electron chi connectivity index (χ2n) is 6.91. The molecule has 1 nitrogen and oxygen atoms in total. The molecule has 0 N–H and O–H groups in total. The van der Waals surface area contributed by atoms with E-state index in [0.717, 1.165) is 15.9 Å². The Morgan fingerprint density at radius 2 is 1.07 bits per heavy atom. The largest absolute Gasteiger partial charge is 0.290 e. The summed E-state index contributed by atoms with van der Waals surface area (Å²) < 4.78 is 13.8. The van der Waals surface area contributed by atoms with E-state index in [1.54, 1.807) is 12.1 Å². The molecule has 0 fully saturated rings. The van der Waals surface area contributed by atoms with E-state index < -0.39 is 7.26 Å². The van der Waals surface area contributed by atoms with Crippen LogP contribution in [0.25, 0.3) is 0 Å². The smallest absolute Gasteiger partial charge is 0.201 e. The van der Waals surface area contributed by atoms with Gasteiger partial charge in [-0.15, -0.1) is 0 Å². The highest BCUT2D eigenvalue weighted by Crippen LogP contribution is 2.55. The first-order chi connectivity index (χ1) is 14.2. The van der Waals surface area contributed by atoms with Crippen LogP contribution in [0.2, 0.25) is 0 Å². The van der Waals surface area contributed by atoms with Crippen LogP contribution in [0, 0.1) is 5.82 Å². The van der Waals surface area contributed by atoms with Crippen molar-refractivity contribution >= 4 is 29.0 Å². The van der Waals surface area contributed by atoms with Crippen LogP contribution in [0.4, 0.5) is 4.39 Å². The van der Waals surface area contributed by atoms with Crippen molar-refractivity contribution in [2.45, 2.75) is 0 Å². The van der Waals surface area contributed by atoms with E-state index in [2.05, 4.69) is 36.4 Å². The molecule has 0 unspecified atom stereocenters. The highest BCUT2D eigenvalue weighted by atomic mass is 31.2. The minimum atomic E-state index is -2.26. The highest BCUT2D eigenvalue weighted by molar-refractivity contribution is 7.96. The lowest BCUT2D eigenvalue weighted by atomic mass is 10.1. The highest BCUT2D eigenvalue weighted by Gasteiger charge is 2.47. The average molecular weight is 399 g/mol. The fraction of sp³-hybridized carbons (Fsp3) is 0.0385. The van der Waals surface area contributed by atoms with Crippen LogP contribution in [0.15, 0.2) is 115 Å². The fourth-order valence-corrected chi connectivity index (χ4v) is 7.84. The maximum absolute atomic E-state index is 13.8. The Labute approximate surface area is 171 Å². The Bertz CT molecular complexity index is 998. The summed E-state index contributed by atoms with van der Waals surface area (Å²) in [5.41, 5.74) is 0.414. The van der Waals surface area contributed by atoms with Gasteiger partial charge in [0.05, 0.1) is 0 Å². The summed E-state index contributed by atoms with van der Waals surface area (Å²) >= 11 is 0. The average Bonchev–Trinajstić information content (AvgIpc) is 2.79. The topological polar surface area (TPSA) is 17.1 Å². The molecule has 29 heavy (non-hydrogen) atoms. The second kappa shape index (κ2) is 8.51. The number of carbonyl (C=O) groups is 1. The maximum Gasteiger partial charge on any atom is 0.201 e. The molecule has 4 aromatic carbocycles. The van der Waals surface area contributed by atoms with Gasteiger partial charge in [-0.1, -0.05) is 66.7 Å². The van der Waals surface area contributed by atoms with Crippen LogP contribution in [0.1, 0.15) is 10.4 Å². The van der Waals surface area contributed by atoms with Crippen molar-refractivity contribution in [1.82, 2.24) is 0 Å². The third-order valence-electron chi connectivity index (χ3n) is 5.12. The molecule has 0 bridgehead atoms. The molecule has 0 aromatic heterocycles. The van der Waals surface area contributed by atoms with Gasteiger partial charge in [-0.05, 0) is 48.5 Å². The zero-order valence-corrected chi connectivity index (χ0v) is 16.8. The zero-order chi connectivity index (χ0) is 20.1. The quantitative estimate of drug-likeness (QED) is 0.329. The lowest BCUT2D eigenvalue weighted by Crippen LogP contribution is -2.35. The third kappa shape index (κ3) is 3.90. The number of hydrogen-bond donors (Lipinski definition) is 0. The molecule has 0 aliphatic heterocycles. The molecular formula is C26H21FOP+. The molecule has 0 saturated carbocycles. The van der Waals surface area contributed by atoms with Crippen molar-refractivity contribution in [3.05, 3.63) is 127 Å². The van der Waals surface area contributed by atoms with Gasteiger partial charge in [0.1, 0.15) is 35.2 Å². The molecule has 0 aliphatic rings. The number of halogens is 1. The molecule has 142 valence electrons. The first-order valence-electron chi connectivity index (χ1n) is 9.54. The summed E-state index contributed by atoms with van der Waals surface area (Å²) in [7, 11) is -2.26. The summed E-state index contributed by atoms with van der Waals surface area (Å²) in [6, 6.07) is 36.7. The molecule has 0 aliphatic carbocycles. The zero-order valence-electron chi connectivity index (χ0n) is 15.9. The minimum absolute atomic E-state index is 0.0469. The molecule has 0 spiro atoms. The number of rotatable bonds is 6. The van der Waals surface area contributed by atoms with Crippen molar-refractivity contribution in [3.63, 3.8) is 0 Å². The van der Waals surface area contributed by atoms with Crippen LogP contribution in [0.5, 0.6) is 0 Å². The molecule has 4 aromatic rings. The standard InChI is InChI=1S/C26H21FOP/c27-22-12-10-11-21(19-22)26(28)20-29(23-13-4-1-5-14-23,24-15-6-2-7-16-24)25-17-8-3-9-18-25/h1-19H,20H2/q+1.